The van der Waals surface area contributed by atoms with E-state index >= 15 is 0 Å². The van der Waals surface area contributed by atoms with Gasteiger partial charge in [0, 0.05) is 28.4 Å². The monoisotopic (exact) mass is 430 g/mol. The van der Waals surface area contributed by atoms with E-state index in [0.717, 1.165) is 50.3 Å². The first kappa shape index (κ1) is 20.1. The highest BCUT2D eigenvalue weighted by atomic mass is 35.5. The van der Waals surface area contributed by atoms with Gasteiger partial charge in [0.1, 0.15) is 0 Å². The molecule has 1 aliphatic carbocycles. The number of nitrogens with one attached hydrogen (secondary N) is 2. The second-order valence-corrected chi connectivity index (χ2v) is 9.02. The molecular weight excluding hydrogens is 404 g/mol. The van der Waals surface area contributed by atoms with Gasteiger partial charge in [0.15, 0.2) is 0 Å². The number of pyridine rings is 1. The second kappa shape index (κ2) is 8.72. The normalized spacial score (nSPS) is 15.8. The molecule has 4 nitrogen and oxygen atoms in total. The zero-order chi connectivity index (χ0) is 21.2. The third kappa shape index (κ3) is 4.45. The number of halogens is 1. The molecule has 0 spiro atoms. The Morgan fingerprint density at radius 3 is 2.42 bits per heavy atom. The standard InChI is InChI=1S/C26H27ClN4/c1-17(18-5-3-2-4-6-18)29-26-30-24-14-9-20(15-25(24)31-26)23-13-10-21(16-28-23)19-7-11-22(27)12-8-19/h7-18H,2-6H2,1H3,(H2,29,30,31)/t17-/m0/s1. The molecular formula is C26H27ClN4. The molecule has 0 saturated heterocycles. The van der Waals surface area contributed by atoms with Crippen molar-refractivity contribution in [2.45, 2.75) is 45.1 Å². The van der Waals surface area contributed by atoms with E-state index in [1.54, 1.807) is 0 Å². The summed E-state index contributed by atoms with van der Waals surface area (Å²) in [6, 6.07) is 18.7. The van der Waals surface area contributed by atoms with Crippen molar-refractivity contribution >= 4 is 28.6 Å². The Balaban J connectivity index is 1.34. The van der Waals surface area contributed by atoms with Crippen molar-refractivity contribution in [2.24, 2.45) is 5.92 Å². The fourth-order valence-electron chi connectivity index (χ4n) is 4.58. The van der Waals surface area contributed by atoms with Gasteiger partial charge in [-0.05, 0) is 61.6 Å². The highest BCUT2D eigenvalue weighted by Gasteiger charge is 2.20. The summed E-state index contributed by atoms with van der Waals surface area (Å²) < 4.78 is 0. The minimum Gasteiger partial charge on any atom is -0.353 e. The van der Waals surface area contributed by atoms with Gasteiger partial charge in [0.25, 0.3) is 0 Å². The van der Waals surface area contributed by atoms with Crippen molar-refractivity contribution < 1.29 is 0 Å². The number of rotatable bonds is 5. The zero-order valence-corrected chi connectivity index (χ0v) is 18.5. The first-order chi connectivity index (χ1) is 15.2. The fourth-order valence-corrected chi connectivity index (χ4v) is 4.71. The summed E-state index contributed by atoms with van der Waals surface area (Å²) in [4.78, 5) is 12.9. The van der Waals surface area contributed by atoms with Crippen LogP contribution in [-0.4, -0.2) is 21.0 Å². The zero-order valence-electron chi connectivity index (χ0n) is 17.7. The van der Waals surface area contributed by atoms with Gasteiger partial charge in [-0.2, -0.15) is 0 Å². The molecule has 2 heterocycles. The summed E-state index contributed by atoms with van der Waals surface area (Å²) in [6.45, 7) is 2.28. The van der Waals surface area contributed by atoms with Gasteiger partial charge >= 0.3 is 0 Å². The van der Waals surface area contributed by atoms with Gasteiger partial charge in [0.2, 0.25) is 5.95 Å². The summed E-state index contributed by atoms with van der Waals surface area (Å²) in [5.74, 6) is 1.59. The minimum absolute atomic E-state index is 0.433. The molecule has 5 heteroatoms. The molecule has 1 fully saturated rings. The minimum atomic E-state index is 0.433. The van der Waals surface area contributed by atoms with Crippen LogP contribution in [-0.2, 0) is 0 Å². The molecule has 1 saturated carbocycles. The van der Waals surface area contributed by atoms with Crippen LogP contribution in [0.3, 0.4) is 0 Å². The van der Waals surface area contributed by atoms with Crippen molar-refractivity contribution in [1.82, 2.24) is 15.0 Å². The Morgan fingerprint density at radius 2 is 1.68 bits per heavy atom. The second-order valence-electron chi connectivity index (χ2n) is 8.59. The number of hydrogen-bond acceptors (Lipinski definition) is 3. The van der Waals surface area contributed by atoms with Crippen molar-refractivity contribution in [3.63, 3.8) is 0 Å². The van der Waals surface area contributed by atoms with Gasteiger partial charge in [-0.1, -0.05) is 55.1 Å². The lowest BCUT2D eigenvalue weighted by Crippen LogP contribution is -2.28. The number of benzene rings is 2. The van der Waals surface area contributed by atoms with Crippen LogP contribution in [0, 0.1) is 5.92 Å². The summed E-state index contributed by atoms with van der Waals surface area (Å²) in [7, 11) is 0. The van der Waals surface area contributed by atoms with Crippen LogP contribution in [0.15, 0.2) is 60.8 Å². The number of aromatic nitrogens is 3. The highest BCUT2D eigenvalue weighted by molar-refractivity contribution is 6.30. The molecule has 0 amide bonds. The first-order valence-electron chi connectivity index (χ1n) is 11.1. The maximum atomic E-state index is 5.99. The molecule has 0 radical (unpaired) electrons. The Kier molecular flexibility index (Phi) is 5.65. The van der Waals surface area contributed by atoms with Crippen LogP contribution < -0.4 is 5.32 Å². The third-order valence-corrected chi connectivity index (χ3v) is 6.69. The van der Waals surface area contributed by atoms with Crippen LogP contribution in [0.5, 0.6) is 0 Å². The molecule has 1 atom stereocenters. The Bertz CT molecular complexity index is 1160. The molecule has 1 aliphatic rings. The van der Waals surface area contributed by atoms with Crippen molar-refractivity contribution in [3.05, 3.63) is 65.8 Å². The number of aromatic amines is 1. The number of anilines is 1. The molecule has 2 aromatic heterocycles. The number of fused-ring (bicyclic) bond motifs is 1. The predicted octanol–water partition coefficient (Wildman–Crippen LogP) is 7.33. The lowest BCUT2D eigenvalue weighted by atomic mass is 9.85. The van der Waals surface area contributed by atoms with Crippen LogP contribution in [0.2, 0.25) is 5.02 Å². The van der Waals surface area contributed by atoms with E-state index in [1.807, 2.05) is 30.5 Å². The molecule has 2 aromatic carbocycles. The summed E-state index contributed by atoms with van der Waals surface area (Å²) in [5.41, 5.74) is 6.20. The number of nitrogens with zero attached hydrogens (tertiary/aromatic N) is 2. The van der Waals surface area contributed by atoms with Crippen LogP contribution in [0.1, 0.15) is 39.0 Å². The molecule has 2 N–H and O–H groups in total. The molecule has 0 bridgehead atoms. The van der Waals surface area contributed by atoms with Gasteiger partial charge in [-0.3, -0.25) is 4.98 Å². The van der Waals surface area contributed by atoms with Crippen molar-refractivity contribution in [3.8, 4) is 22.4 Å². The maximum absolute atomic E-state index is 5.99. The Labute approximate surface area is 188 Å². The molecule has 31 heavy (non-hydrogen) atoms. The largest absolute Gasteiger partial charge is 0.353 e. The van der Waals surface area contributed by atoms with Crippen molar-refractivity contribution in [2.75, 3.05) is 5.32 Å². The first-order valence-corrected chi connectivity index (χ1v) is 11.5. The quantitative estimate of drug-likeness (QED) is 0.348. The molecule has 158 valence electrons. The van der Waals surface area contributed by atoms with Crippen LogP contribution in [0.4, 0.5) is 5.95 Å². The smallest absolute Gasteiger partial charge is 0.201 e. The Morgan fingerprint density at radius 1 is 0.935 bits per heavy atom. The summed E-state index contributed by atoms with van der Waals surface area (Å²) in [5, 5.41) is 4.34. The van der Waals surface area contributed by atoms with Gasteiger partial charge < -0.3 is 10.3 Å². The van der Waals surface area contributed by atoms with Gasteiger partial charge in [-0.25, -0.2) is 4.98 Å². The number of imidazole rings is 1. The van der Waals surface area contributed by atoms with E-state index in [-0.39, 0.29) is 0 Å². The topological polar surface area (TPSA) is 53.6 Å². The number of H-pyrrole nitrogens is 1. The van der Waals surface area contributed by atoms with Crippen LogP contribution >= 0.6 is 11.6 Å². The lowest BCUT2D eigenvalue weighted by molar-refractivity contribution is 0.328. The molecule has 0 unspecified atom stereocenters. The predicted molar refractivity (Wildman–Crippen MR) is 129 cm³/mol. The van der Waals surface area contributed by atoms with E-state index in [1.165, 1.54) is 32.1 Å². The van der Waals surface area contributed by atoms with E-state index in [2.05, 4.69) is 52.5 Å². The lowest BCUT2D eigenvalue weighted by Gasteiger charge is -2.28. The average molecular weight is 431 g/mol. The molecule has 0 aliphatic heterocycles. The maximum Gasteiger partial charge on any atom is 0.201 e. The van der Waals surface area contributed by atoms with Gasteiger partial charge in [0.05, 0.1) is 16.7 Å². The van der Waals surface area contributed by atoms with Crippen LogP contribution in [0.25, 0.3) is 33.4 Å². The van der Waals surface area contributed by atoms with E-state index in [0.29, 0.717) is 6.04 Å². The average Bonchev–Trinajstić information content (AvgIpc) is 3.22. The summed E-state index contributed by atoms with van der Waals surface area (Å²) in [6.07, 6.45) is 8.63. The fraction of sp³-hybridized carbons (Fsp3) is 0.308. The van der Waals surface area contributed by atoms with Gasteiger partial charge in [-0.15, -0.1) is 0 Å². The Hall–Kier alpha value is -2.85. The molecule has 5 rings (SSSR count). The number of hydrogen-bond donors (Lipinski definition) is 2. The van der Waals surface area contributed by atoms with E-state index in [4.69, 9.17) is 16.6 Å². The SMILES string of the molecule is C[C@H](Nc1nc2ccc(-c3ccc(-c4ccc(Cl)cc4)cn3)cc2[nH]1)C1CCCCC1. The third-order valence-electron chi connectivity index (χ3n) is 6.44. The van der Waals surface area contributed by atoms with E-state index in [9.17, 15) is 0 Å². The van der Waals surface area contributed by atoms with E-state index < -0.39 is 0 Å². The highest BCUT2D eigenvalue weighted by Crippen LogP contribution is 2.29. The molecule has 4 aromatic rings. The van der Waals surface area contributed by atoms with Crippen molar-refractivity contribution in [1.29, 1.82) is 0 Å². The summed E-state index contributed by atoms with van der Waals surface area (Å²) >= 11 is 5.99.